The van der Waals surface area contributed by atoms with Crippen molar-refractivity contribution in [2.24, 2.45) is 0 Å². The molecule has 0 aliphatic carbocycles. The van der Waals surface area contributed by atoms with Crippen molar-refractivity contribution < 1.29 is 13.2 Å². The summed E-state index contributed by atoms with van der Waals surface area (Å²) in [7, 11) is -3.00. The van der Waals surface area contributed by atoms with Gasteiger partial charge in [0.05, 0.1) is 11.7 Å². The Hall–Kier alpha value is -1.36. The smallest absolute Gasteiger partial charge is 0.227 e. The van der Waals surface area contributed by atoms with Crippen LogP contribution in [0.1, 0.15) is 36.8 Å². The van der Waals surface area contributed by atoms with Crippen molar-refractivity contribution >= 4 is 15.7 Å². The van der Waals surface area contributed by atoms with Gasteiger partial charge in [0, 0.05) is 18.3 Å². The summed E-state index contributed by atoms with van der Waals surface area (Å²) < 4.78 is 23.6. The Balaban J connectivity index is 1.72. The molecule has 0 saturated carbocycles. The molecule has 0 unspecified atom stereocenters. The molecule has 2 heterocycles. The summed E-state index contributed by atoms with van der Waals surface area (Å²) in [6, 6.07) is 8.24. The van der Waals surface area contributed by atoms with Crippen molar-refractivity contribution in [2.45, 2.75) is 56.4 Å². The number of piperidine rings is 1. The number of aryl methyl sites for hydroxylation is 1. The molecule has 2 fully saturated rings. The summed E-state index contributed by atoms with van der Waals surface area (Å²) in [5, 5.41) is -0.270. The zero-order valence-corrected chi connectivity index (χ0v) is 14.0. The fourth-order valence-electron chi connectivity index (χ4n) is 3.97. The zero-order chi connectivity index (χ0) is 15.9. The van der Waals surface area contributed by atoms with Crippen molar-refractivity contribution in [3.8, 4) is 0 Å². The molecule has 0 spiro atoms. The molecule has 3 rings (SSSR count). The van der Waals surface area contributed by atoms with E-state index in [1.807, 2.05) is 36.1 Å². The van der Waals surface area contributed by atoms with Gasteiger partial charge in [-0.25, -0.2) is 8.42 Å². The van der Waals surface area contributed by atoms with Crippen LogP contribution < -0.4 is 0 Å². The Bertz CT molecular complexity index is 669. The summed E-state index contributed by atoms with van der Waals surface area (Å²) in [5.74, 6) is 0.144. The molecule has 0 N–H and O–H groups in total. The molecule has 22 heavy (non-hydrogen) atoms. The number of amides is 1. The van der Waals surface area contributed by atoms with Gasteiger partial charge in [0.1, 0.15) is 9.84 Å². The van der Waals surface area contributed by atoms with Gasteiger partial charge in [-0.15, -0.1) is 0 Å². The van der Waals surface area contributed by atoms with E-state index in [0.29, 0.717) is 19.3 Å². The van der Waals surface area contributed by atoms with Crippen LogP contribution in [-0.2, 0) is 21.1 Å². The number of hydrogen-bond acceptors (Lipinski definition) is 3. The second-order valence-corrected chi connectivity index (χ2v) is 9.10. The van der Waals surface area contributed by atoms with Crippen LogP contribution >= 0.6 is 0 Å². The fourth-order valence-corrected chi connectivity index (χ4v) is 5.12. The molecule has 2 aliphatic heterocycles. The summed E-state index contributed by atoms with van der Waals surface area (Å²) in [6.07, 6.45) is 4.83. The quantitative estimate of drug-likeness (QED) is 0.857. The van der Waals surface area contributed by atoms with Crippen LogP contribution in [0, 0.1) is 6.92 Å². The van der Waals surface area contributed by atoms with Gasteiger partial charge >= 0.3 is 0 Å². The first-order valence-electron chi connectivity index (χ1n) is 7.90. The van der Waals surface area contributed by atoms with Crippen LogP contribution in [0.25, 0.3) is 0 Å². The number of benzene rings is 1. The van der Waals surface area contributed by atoms with Gasteiger partial charge < -0.3 is 4.90 Å². The fraction of sp³-hybridized carbons (Fsp3) is 0.588. The molecule has 2 aliphatic rings. The molecule has 2 atom stereocenters. The standard InChI is InChI=1S/C17H23NO3S/c1-12-4-3-5-13(8-12)9-17(19)18-14-6-7-15(18)11-16(10-14)22(2,20)21/h3-5,8,14-16H,6-7,9-11H2,1-2H3/t14-,15-/m0/s1. The normalized spacial score (nSPS) is 27.9. The monoisotopic (exact) mass is 321 g/mol. The maximum atomic E-state index is 12.7. The molecule has 2 saturated heterocycles. The molecule has 0 radical (unpaired) electrons. The second kappa shape index (κ2) is 5.69. The maximum absolute atomic E-state index is 12.7. The number of nitrogens with zero attached hydrogens (tertiary/aromatic N) is 1. The number of carbonyl (C=O) groups excluding carboxylic acids is 1. The highest BCUT2D eigenvalue weighted by Gasteiger charge is 2.45. The SMILES string of the molecule is Cc1cccc(CC(=O)N2[C@H]3CC[C@H]2CC(S(C)(=O)=O)C3)c1. The van der Waals surface area contributed by atoms with Gasteiger partial charge in [0.2, 0.25) is 5.91 Å². The van der Waals surface area contributed by atoms with Crippen molar-refractivity contribution in [2.75, 3.05) is 6.26 Å². The van der Waals surface area contributed by atoms with E-state index >= 15 is 0 Å². The van der Waals surface area contributed by atoms with E-state index in [-0.39, 0.29) is 23.2 Å². The maximum Gasteiger partial charge on any atom is 0.227 e. The first-order chi connectivity index (χ1) is 10.3. The number of fused-ring (bicyclic) bond motifs is 2. The van der Waals surface area contributed by atoms with Crippen LogP contribution in [0.2, 0.25) is 0 Å². The van der Waals surface area contributed by atoms with E-state index < -0.39 is 9.84 Å². The third-order valence-electron chi connectivity index (χ3n) is 5.02. The highest BCUT2D eigenvalue weighted by atomic mass is 32.2. The van der Waals surface area contributed by atoms with Crippen molar-refractivity contribution in [1.29, 1.82) is 0 Å². The number of carbonyl (C=O) groups is 1. The van der Waals surface area contributed by atoms with Gasteiger partial charge in [-0.05, 0) is 38.2 Å². The van der Waals surface area contributed by atoms with E-state index in [2.05, 4.69) is 0 Å². The number of sulfone groups is 1. The highest BCUT2D eigenvalue weighted by molar-refractivity contribution is 7.91. The van der Waals surface area contributed by atoms with E-state index in [9.17, 15) is 13.2 Å². The van der Waals surface area contributed by atoms with E-state index in [4.69, 9.17) is 0 Å². The lowest BCUT2D eigenvalue weighted by molar-refractivity contribution is -0.134. The van der Waals surface area contributed by atoms with Crippen LogP contribution in [-0.4, -0.2) is 42.8 Å². The molecule has 2 bridgehead atoms. The first-order valence-corrected chi connectivity index (χ1v) is 9.85. The Morgan fingerprint density at radius 3 is 2.41 bits per heavy atom. The van der Waals surface area contributed by atoms with Crippen LogP contribution in [0.15, 0.2) is 24.3 Å². The third-order valence-corrected chi connectivity index (χ3v) is 6.62. The van der Waals surface area contributed by atoms with Crippen LogP contribution in [0.5, 0.6) is 0 Å². The predicted octanol–water partition coefficient (Wildman–Crippen LogP) is 2.10. The molecule has 1 aromatic carbocycles. The van der Waals surface area contributed by atoms with E-state index in [0.717, 1.165) is 24.0 Å². The van der Waals surface area contributed by atoms with Gasteiger partial charge in [0.15, 0.2) is 0 Å². The lowest BCUT2D eigenvalue weighted by Crippen LogP contribution is -2.50. The van der Waals surface area contributed by atoms with Crippen molar-refractivity contribution in [3.05, 3.63) is 35.4 Å². The lowest BCUT2D eigenvalue weighted by atomic mass is 10.0. The topological polar surface area (TPSA) is 54.5 Å². The zero-order valence-electron chi connectivity index (χ0n) is 13.2. The van der Waals surface area contributed by atoms with Crippen LogP contribution in [0.4, 0.5) is 0 Å². The van der Waals surface area contributed by atoms with E-state index in [1.54, 1.807) is 0 Å². The second-order valence-electron chi connectivity index (χ2n) is 6.77. The number of rotatable bonds is 3. The van der Waals surface area contributed by atoms with Gasteiger partial charge in [-0.1, -0.05) is 29.8 Å². The predicted molar refractivity (Wildman–Crippen MR) is 86.4 cm³/mol. The Kier molecular flexibility index (Phi) is 4.02. The largest absolute Gasteiger partial charge is 0.336 e. The number of hydrogen-bond donors (Lipinski definition) is 0. The molecule has 0 aromatic heterocycles. The van der Waals surface area contributed by atoms with Crippen molar-refractivity contribution in [1.82, 2.24) is 4.90 Å². The van der Waals surface area contributed by atoms with Gasteiger partial charge in [-0.2, -0.15) is 0 Å². The molecule has 1 amide bonds. The minimum atomic E-state index is -3.00. The highest BCUT2D eigenvalue weighted by Crippen LogP contribution is 2.38. The molecule has 5 heteroatoms. The van der Waals surface area contributed by atoms with Crippen molar-refractivity contribution in [3.63, 3.8) is 0 Å². The Morgan fingerprint density at radius 1 is 1.23 bits per heavy atom. The molecule has 120 valence electrons. The Labute approximate surface area is 132 Å². The Morgan fingerprint density at radius 2 is 1.86 bits per heavy atom. The molecular formula is C17H23NO3S. The summed E-state index contributed by atoms with van der Waals surface area (Å²) in [6.45, 7) is 2.02. The minimum Gasteiger partial charge on any atom is -0.336 e. The van der Waals surface area contributed by atoms with Crippen LogP contribution in [0.3, 0.4) is 0 Å². The lowest BCUT2D eigenvalue weighted by Gasteiger charge is -2.38. The summed E-state index contributed by atoms with van der Waals surface area (Å²) in [5.41, 5.74) is 2.19. The summed E-state index contributed by atoms with van der Waals surface area (Å²) >= 11 is 0. The molecular weight excluding hydrogens is 298 g/mol. The molecule has 4 nitrogen and oxygen atoms in total. The average molecular weight is 321 g/mol. The average Bonchev–Trinajstić information content (AvgIpc) is 2.68. The van der Waals surface area contributed by atoms with Gasteiger partial charge in [-0.3, -0.25) is 4.79 Å². The van der Waals surface area contributed by atoms with E-state index in [1.165, 1.54) is 6.26 Å². The molecule has 1 aromatic rings. The first kappa shape index (κ1) is 15.5. The van der Waals surface area contributed by atoms with Gasteiger partial charge in [0.25, 0.3) is 0 Å². The minimum absolute atomic E-state index is 0.107. The summed E-state index contributed by atoms with van der Waals surface area (Å²) in [4.78, 5) is 14.6. The third kappa shape index (κ3) is 3.05.